The van der Waals surface area contributed by atoms with Gasteiger partial charge in [0.1, 0.15) is 12.3 Å². The Bertz CT molecular complexity index is 4640. The number of aryl methyl sites for hydroxylation is 2. The van der Waals surface area contributed by atoms with Crippen LogP contribution in [0.15, 0.2) is 203 Å². The smallest absolute Gasteiger partial charge is 0.332 e. The van der Waals surface area contributed by atoms with Crippen LogP contribution in [-0.4, -0.2) is 87.2 Å². The molecule has 0 aliphatic heterocycles. The highest BCUT2D eigenvalue weighted by Gasteiger charge is 2.22. The molecular weight excluding hydrogens is 1140 g/mol. The Hall–Kier alpha value is -11.2. The van der Waals surface area contributed by atoms with Crippen molar-refractivity contribution >= 4 is 102 Å². The van der Waals surface area contributed by atoms with Gasteiger partial charge >= 0.3 is 23.9 Å². The summed E-state index contributed by atoms with van der Waals surface area (Å²) >= 11 is 0. The summed E-state index contributed by atoms with van der Waals surface area (Å²) in [6.45, 7) is 12.8. The normalized spacial score (nSPS) is 12.3. The van der Waals surface area contributed by atoms with E-state index in [1.165, 1.54) is 34.0 Å². The Balaban J connectivity index is 0.888. The summed E-state index contributed by atoms with van der Waals surface area (Å²) < 4.78 is 16.1. The first-order valence-corrected chi connectivity index (χ1v) is 28.8. The highest BCUT2D eigenvalue weighted by molar-refractivity contribution is 6.19. The molecule has 0 spiro atoms. The Morgan fingerprint density at radius 3 is 1.22 bits per heavy atom. The molecule has 0 bridgehead atoms. The van der Waals surface area contributed by atoms with Crippen LogP contribution in [0.1, 0.15) is 113 Å². The molecule has 452 valence electrons. The lowest BCUT2D eigenvalue weighted by atomic mass is 9.97. The number of carbonyl (C=O) groups excluding carboxylic acids is 6. The standard InChI is InChI=1S/C72H62N6O12/c1-43-13-9-11-15-59(43)71(83)55-23-31-69-63(41-55)61-39-53(21-29-67(61)77(69)57-25-17-51(18-26-57)45(3)73-87-47(5)79)65(75-89-49(7)81)33-35-85-37-38-86-36-34-66(76-90-50(8)82)54-22-30-68-62(40-54)64-42-56(72(84)60-16-12-10-14-44(60)2)24-32-70(64)78(68)58-27-19-52(20-28-58)46(4)74-88-48(6)80/h9-33,35,39-42H,34,36-38H2,1-8H3/b35-33+,73-45+,74-46+,75-65-,76-66-. The number of ketones is 2. The molecule has 18 nitrogen and oxygen atoms in total. The van der Waals surface area contributed by atoms with Crippen molar-refractivity contribution in [1.82, 2.24) is 9.13 Å². The largest absolute Gasteiger partial charge is 0.499 e. The minimum atomic E-state index is -0.630. The first-order valence-electron chi connectivity index (χ1n) is 28.8. The number of hydrogen-bond acceptors (Lipinski definition) is 16. The van der Waals surface area contributed by atoms with Crippen LogP contribution in [0.5, 0.6) is 0 Å². The number of allylic oxidation sites excluding steroid dienone is 1. The number of fused-ring (bicyclic) bond motifs is 6. The van der Waals surface area contributed by atoms with Crippen molar-refractivity contribution in [3.05, 3.63) is 238 Å². The minimum absolute atomic E-state index is 0.112. The van der Waals surface area contributed by atoms with Crippen LogP contribution >= 0.6 is 0 Å². The third kappa shape index (κ3) is 13.9. The van der Waals surface area contributed by atoms with Crippen molar-refractivity contribution in [2.75, 3.05) is 19.8 Å². The molecule has 10 aromatic rings. The summed E-state index contributed by atoms with van der Waals surface area (Å²) in [7, 11) is 0. The molecule has 8 aromatic carbocycles. The van der Waals surface area contributed by atoms with Gasteiger partial charge in [0, 0.05) is 106 Å². The lowest BCUT2D eigenvalue weighted by Gasteiger charge is -2.11. The summed E-state index contributed by atoms with van der Waals surface area (Å²) in [5.74, 6) is -2.52. The molecular formula is C72H62N6O12. The van der Waals surface area contributed by atoms with Crippen molar-refractivity contribution < 1.29 is 57.6 Å². The number of aromatic nitrogens is 2. The molecule has 0 aliphatic rings. The van der Waals surface area contributed by atoms with E-state index in [2.05, 4.69) is 29.8 Å². The Morgan fingerprint density at radius 2 is 0.778 bits per heavy atom. The predicted octanol–water partition coefficient (Wildman–Crippen LogP) is 13.7. The van der Waals surface area contributed by atoms with Gasteiger partial charge in [-0.2, -0.15) is 0 Å². The molecule has 0 fully saturated rings. The summed E-state index contributed by atoms with van der Waals surface area (Å²) in [5, 5.41) is 19.5. The first kappa shape index (κ1) is 61.8. The Kier molecular flexibility index (Phi) is 19.0. The number of carbonyl (C=O) groups is 6. The fraction of sp³-hybridized carbons (Fsp3) is 0.167. The second-order valence-corrected chi connectivity index (χ2v) is 21.2. The third-order valence-electron chi connectivity index (χ3n) is 14.9. The van der Waals surface area contributed by atoms with E-state index in [0.717, 1.165) is 77.2 Å². The molecule has 2 aromatic heterocycles. The van der Waals surface area contributed by atoms with Crippen LogP contribution in [0.25, 0.3) is 55.0 Å². The number of rotatable bonds is 22. The molecule has 0 amide bonds. The van der Waals surface area contributed by atoms with Gasteiger partial charge in [-0.3, -0.25) is 9.59 Å². The molecule has 0 aliphatic carbocycles. The lowest BCUT2D eigenvalue weighted by Crippen LogP contribution is -2.10. The molecule has 0 saturated heterocycles. The summed E-state index contributed by atoms with van der Waals surface area (Å²) in [5.41, 5.74) is 13.3. The lowest BCUT2D eigenvalue weighted by molar-refractivity contribution is -0.141. The second kappa shape index (κ2) is 27.6. The molecule has 90 heavy (non-hydrogen) atoms. The van der Waals surface area contributed by atoms with Crippen LogP contribution in [0, 0.1) is 13.8 Å². The van der Waals surface area contributed by atoms with Gasteiger partial charge in [0.05, 0.1) is 58.7 Å². The summed E-state index contributed by atoms with van der Waals surface area (Å²) in [6.07, 6.45) is 3.24. The molecule has 2 heterocycles. The molecule has 0 unspecified atom stereocenters. The summed E-state index contributed by atoms with van der Waals surface area (Å²) in [6, 6.07) is 53.0. The van der Waals surface area contributed by atoms with Crippen molar-refractivity contribution in [3.8, 4) is 11.4 Å². The zero-order valence-electron chi connectivity index (χ0n) is 50.7. The average molecular weight is 1200 g/mol. The average Bonchev–Trinajstić information content (AvgIpc) is 1.62. The van der Waals surface area contributed by atoms with E-state index in [1.807, 2.05) is 184 Å². The van der Waals surface area contributed by atoms with Gasteiger partial charge in [0.2, 0.25) is 0 Å². The molecule has 0 saturated carbocycles. The topological polar surface area (TPSA) is 217 Å². The van der Waals surface area contributed by atoms with Crippen molar-refractivity contribution in [2.45, 2.75) is 61.8 Å². The van der Waals surface area contributed by atoms with Crippen LogP contribution in [-0.2, 0) is 48.0 Å². The quantitative estimate of drug-likeness (QED) is 0.0155. The second-order valence-electron chi connectivity index (χ2n) is 21.2. The van der Waals surface area contributed by atoms with Gasteiger partial charge in [0.25, 0.3) is 0 Å². The minimum Gasteiger partial charge on any atom is -0.499 e. The zero-order valence-corrected chi connectivity index (χ0v) is 50.7. The first-order chi connectivity index (χ1) is 43.4. The SMILES string of the molecule is CC(=O)O/N=C(/C=C/OCCOCC/C(=N/OC(C)=O)c1ccc2c(c1)c1cc(C(=O)c3ccccc3C)ccc1n2-c1ccc(/C(C)=N/OC(C)=O)cc1)c1ccc2c(c1)c1cc(C(=O)c3ccccc3C)ccc1n2-c1ccc(/C(C)=N/OC(C)=O)cc1. The van der Waals surface area contributed by atoms with E-state index in [-0.39, 0.29) is 43.5 Å². The molecule has 0 atom stereocenters. The summed E-state index contributed by atoms with van der Waals surface area (Å²) in [4.78, 5) is 95.5. The third-order valence-corrected chi connectivity index (χ3v) is 14.9. The number of benzene rings is 8. The fourth-order valence-electron chi connectivity index (χ4n) is 10.5. The zero-order chi connectivity index (χ0) is 63.6. The van der Waals surface area contributed by atoms with Gasteiger partial charge in [0.15, 0.2) is 11.6 Å². The van der Waals surface area contributed by atoms with E-state index in [1.54, 1.807) is 19.9 Å². The maximum atomic E-state index is 14.0. The fourth-order valence-corrected chi connectivity index (χ4v) is 10.5. The highest BCUT2D eigenvalue weighted by Crippen LogP contribution is 2.37. The van der Waals surface area contributed by atoms with Gasteiger partial charge < -0.3 is 38.0 Å². The van der Waals surface area contributed by atoms with E-state index in [4.69, 9.17) is 28.8 Å². The van der Waals surface area contributed by atoms with E-state index >= 15 is 0 Å². The van der Waals surface area contributed by atoms with Crippen LogP contribution in [0.3, 0.4) is 0 Å². The molecule has 18 heteroatoms. The Labute approximate surface area is 517 Å². The van der Waals surface area contributed by atoms with Crippen LogP contribution in [0.4, 0.5) is 0 Å². The molecule has 10 rings (SSSR count). The Morgan fingerprint density at radius 1 is 0.400 bits per heavy atom. The van der Waals surface area contributed by atoms with Crippen molar-refractivity contribution in [2.24, 2.45) is 20.6 Å². The molecule has 0 radical (unpaired) electrons. The number of oxime groups is 4. The van der Waals surface area contributed by atoms with E-state index < -0.39 is 23.9 Å². The van der Waals surface area contributed by atoms with Gasteiger partial charge in [-0.15, -0.1) is 0 Å². The maximum Gasteiger partial charge on any atom is 0.332 e. The number of nitrogens with zero attached hydrogens (tertiary/aromatic N) is 6. The highest BCUT2D eigenvalue weighted by atomic mass is 16.7. The van der Waals surface area contributed by atoms with Gasteiger partial charge in [-0.05, 0) is 135 Å². The van der Waals surface area contributed by atoms with Crippen molar-refractivity contribution in [1.29, 1.82) is 0 Å². The van der Waals surface area contributed by atoms with E-state index in [9.17, 15) is 28.8 Å². The monoisotopic (exact) mass is 1200 g/mol. The van der Waals surface area contributed by atoms with Gasteiger partial charge in [-0.1, -0.05) is 106 Å². The predicted molar refractivity (Wildman–Crippen MR) is 346 cm³/mol. The maximum absolute atomic E-state index is 14.0. The van der Waals surface area contributed by atoms with Gasteiger partial charge in [-0.25, -0.2) is 19.2 Å². The van der Waals surface area contributed by atoms with E-state index in [0.29, 0.717) is 50.5 Å². The van der Waals surface area contributed by atoms with Crippen molar-refractivity contribution in [3.63, 3.8) is 0 Å². The number of ether oxygens (including phenoxy) is 2. The molecule has 0 N–H and O–H groups in total. The van der Waals surface area contributed by atoms with Crippen LogP contribution < -0.4 is 0 Å². The number of hydrogen-bond donors (Lipinski definition) is 0. The van der Waals surface area contributed by atoms with Crippen LogP contribution in [0.2, 0.25) is 0 Å².